The summed E-state index contributed by atoms with van der Waals surface area (Å²) < 4.78 is 27.2. The summed E-state index contributed by atoms with van der Waals surface area (Å²) in [6, 6.07) is 2.91. The van der Waals surface area contributed by atoms with E-state index in [1.165, 1.54) is 6.07 Å². The van der Waals surface area contributed by atoms with Gasteiger partial charge in [0.05, 0.1) is 11.1 Å². The predicted molar refractivity (Wildman–Crippen MR) is 83.8 cm³/mol. The minimum Gasteiger partial charge on any atom is -0.398 e. The van der Waals surface area contributed by atoms with Crippen LogP contribution in [0.2, 0.25) is 5.02 Å². The van der Waals surface area contributed by atoms with Crippen LogP contribution in [0.15, 0.2) is 17.0 Å². The number of anilines is 1. The zero-order valence-corrected chi connectivity index (χ0v) is 13.5. The average Bonchev–Trinajstić information content (AvgIpc) is 2.42. The Kier molecular flexibility index (Phi) is 5.14. The van der Waals surface area contributed by atoms with Crippen molar-refractivity contribution in [3.63, 3.8) is 0 Å². The molecule has 4 N–H and O–H groups in total. The van der Waals surface area contributed by atoms with E-state index in [0.717, 1.165) is 31.2 Å². The van der Waals surface area contributed by atoms with Crippen LogP contribution in [0.3, 0.4) is 0 Å². The van der Waals surface area contributed by atoms with Gasteiger partial charge in [-0.25, -0.2) is 13.1 Å². The van der Waals surface area contributed by atoms with Crippen LogP contribution in [-0.2, 0) is 10.0 Å². The van der Waals surface area contributed by atoms with Gasteiger partial charge in [0.1, 0.15) is 4.90 Å². The molecular formula is C14H21ClN2O3S. The third kappa shape index (κ3) is 3.88. The zero-order valence-electron chi connectivity index (χ0n) is 12.0. The number of nitrogen functional groups attached to an aromatic ring is 1. The topological polar surface area (TPSA) is 92.4 Å². The van der Waals surface area contributed by atoms with Crippen molar-refractivity contribution < 1.29 is 13.5 Å². The first-order valence-corrected chi connectivity index (χ1v) is 8.90. The Labute approximate surface area is 130 Å². The number of benzene rings is 1. The molecule has 5 nitrogen and oxygen atoms in total. The summed E-state index contributed by atoms with van der Waals surface area (Å²) >= 11 is 6.01. The van der Waals surface area contributed by atoms with Crippen LogP contribution in [0.25, 0.3) is 0 Å². The van der Waals surface area contributed by atoms with E-state index in [0.29, 0.717) is 5.69 Å². The minimum atomic E-state index is -3.73. The molecular weight excluding hydrogens is 312 g/mol. The van der Waals surface area contributed by atoms with Gasteiger partial charge in [-0.1, -0.05) is 24.4 Å². The molecule has 2 unspecified atom stereocenters. The Morgan fingerprint density at radius 1 is 1.38 bits per heavy atom. The Bertz CT molecular complexity index is 619. The number of sulfonamides is 1. The second-order valence-electron chi connectivity index (χ2n) is 5.60. The standard InChI is InChI=1S/C14H21ClN2O3S/c1-9-6-11(15)14(7-12(9)16)21(19,20)17-8-10-4-2-3-5-13(10)18/h6-7,10,13,17-18H,2-5,8,16H2,1H3. The summed E-state index contributed by atoms with van der Waals surface area (Å²) in [6.07, 6.45) is 3.12. The number of aliphatic hydroxyl groups excluding tert-OH is 1. The van der Waals surface area contributed by atoms with E-state index >= 15 is 0 Å². The highest BCUT2D eigenvalue weighted by atomic mass is 35.5. The maximum absolute atomic E-state index is 12.3. The number of aryl methyl sites for hydroxylation is 1. The van der Waals surface area contributed by atoms with Crippen LogP contribution in [0.5, 0.6) is 0 Å². The lowest BCUT2D eigenvalue weighted by atomic mass is 9.87. The first kappa shape index (κ1) is 16.5. The number of nitrogens with two attached hydrogens (primary N) is 1. The molecule has 0 aliphatic heterocycles. The molecule has 1 aliphatic rings. The van der Waals surface area contributed by atoms with E-state index in [-0.39, 0.29) is 22.4 Å². The highest BCUT2D eigenvalue weighted by Crippen LogP contribution is 2.28. The van der Waals surface area contributed by atoms with Crippen LogP contribution >= 0.6 is 11.6 Å². The molecule has 7 heteroatoms. The number of hydrogen-bond donors (Lipinski definition) is 3. The van der Waals surface area contributed by atoms with Crippen LogP contribution in [-0.4, -0.2) is 26.2 Å². The lowest BCUT2D eigenvalue weighted by Gasteiger charge is -2.27. The van der Waals surface area contributed by atoms with Gasteiger partial charge >= 0.3 is 0 Å². The van der Waals surface area contributed by atoms with Crippen molar-refractivity contribution in [2.24, 2.45) is 5.92 Å². The maximum atomic E-state index is 12.3. The third-order valence-corrected chi connectivity index (χ3v) is 5.90. The maximum Gasteiger partial charge on any atom is 0.242 e. The van der Waals surface area contributed by atoms with Gasteiger partial charge in [0.15, 0.2) is 0 Å². The molecule has 2 rings (SSSR count). The van der Waals surface area contributed by atoms with E-state index in [9.17, 15) is 13.5 Å². The van der Waals surface area contributed by atoms with Crippen LogP contribution in [0, 0.1) is 12.8 Å². The number of halogens is 1. The van der Waals surface area contributed by atoms with Gasteiger partial charge in [0.25, 0.3) is 0 Å². The van der Waals surface area contributed by atoms with Gasteiger partial charge in [-0.3, -0.25) is 0 Å². The van der Waals surface area contributed by atoms with Crippen molar-refractivity contribution in [2.45, 2.75) is 43.6 Å². The lowest BCUT2D eigenvalue weighted by Crippen LogP contribution is -2.36. The van der Waals surface area contributed by atoms with E-state index in [1.807, 2.05) is 0 Å². The molecule has 2 atom stereocenters. The monoisotopic (exact) mass is 332 g/mol. The molecule has 1 fully saturated rings. The van der Waals surface area contributed by atoms with Crippen molar-refractivity contribution in [3.05, 3.63) is 22.7 Å². The summed E-state index contributed by atoms with van der Waals surface area (Å²) in [5.74, 6) is -0.0462. The molecule has 0 amide bonds. The zero-order chi connectivity index (χ0) is 15.6. The fourth-order valence-corrected chi connectivity index (χ4v) is 4.30. The van der Waals surface area contributed by atoms with Crippen molar-refractivity contribution in [1.29, 1.82) is 0 Å². The van der Waals surface area contributed by atoms with Gasteiger partial charge in [0, 0.05) is 12.2 Å². The summed E-state index contributed by atoms with van der Waals surface area (Å²) in [4.78, 5) is -0.0161. The van der Waals surface area contributed by atoms with Crippen molar-refractivity contribution in [1.82, 2.24) is 4.72 Å². The Hall–Kier alpha value is -0.820. The third-order valence-electron chi connectivity index (χ3n) is 4.01. The summed E-state index contributed by atoms with van der Waals surface area (Å²) in [5.41, 5.74) is 6.88. The van der Waals surface area contributed by atoms with Crippen molar-refractivity contribution >= 4 is 27.3 Å². The van der Waals surface area contributed by atoms with E-state index in [1.54, 1.807) is 13.0 Å². The van der Waals surface area contributed by atoms with E-state index in [2.05, 4.69) is 4.72 Å². The van der Waals surface area contributed by atoms with Crippen LogP contribution in [0.1, 0.15) is 31.2 Å². The van der Waals surface area contributed by atoms with Crippen LogP contribution in [0.4, 0.5) is 5.69 Å². The van der Waals surface area contributed by atoms with Gasteiger partial charge in [0.2, 0.25) is 10.0 Å². The molecule has 0 heterocycles. The van der Waals surface area contributed by atoms with Gasteiger partial charge < -0.3 is 10.8 Å². The summed E-state index contributed by atoms with van der Waals surface area (Å²) in [7, 11) is -3.73. The highest BCUT2D eigenvalue weighted by Gasteiger charge is 2.26. The fourth-order valence-electron chi connectivity index (χ4n) is 2.60. The van der Waals surface area contributed by atoms with E-state index < -0.39 is 16.1 Å². The van der Waals surface area contributed by atoms with Gasteiger partial charge in [-0.2, -0.15) is 0 Å². The van der Waals surface area contributed by atoms with Crippen molar-refractivity contribution in [2.75, 3.05) is 12.3 Å². The molecule has 118 valence electrons. The largest absolute Gasteiger partial charge is 0.398 e. The minimum absolute atomic E-state index is 0.0161. The summed E-state index contributed by atoms with van der Waals surface area (Å²) in [5, 5.41) is 10.0. The molecule has 0 aromatic heterocycles. The van der Waals surface area contributed by atoms with Gasteiger partial charge in [-0.15, -0.1) is 0 Å². The molecule has 0 spiro atoms. The molecule has 1 aromatic rings. The molecule has 21 heavy (non-hydrogen) atoms. The normalized spacial score (nSPS) is 23.2. The van der Waals surface area contributed by atoms with Crippen LogP contribution < -0.4 is 10.5 Å². The quantitative estimate of drug-likeness (QED) is 0.736. The number of nitrogens with one attached hydrogen (secondary N) is 1. The molecule has 0 bridgehead atoms. The lowest BCUT2D eigenvalue weighted by molar-refractivity contribution is 0.0724. The highest BCUT2D eigenvalue weighted by molar-refractivity contribution is 7.89. The molecule has 0 radical (unpaired) electrons. The molecule has 1 aliphatic carbocycles. The Morgan fingerprint density at radius 2 is 2.05 bits per heavy atom. The van der Waals surface area contributed by atoms with Crippen molar-refractivity contribution in [3.8, 4) is 0 Å². The molecule has 1 aromatic carbocycles. The number of aliphatic hydroxyl groups is 1. The molecule has 0 saturated heterocycles. The second-order valence-corrected chi connectivity index (χ2v) is 7.75. The molecule has 1 saturated carbocycles. The number of hydrogen-bond acceptors (Lipinski definition) is 4. The first-order valence-electron chi connectivity index (χ1n) is 7.04. The predicted octanol–water partition coefficient (Wildman–Crippen LogP) is 2.06. The fraction of sp³-hybridized carbons (Fsp3) is 0.571. The number of rotatable bonds is 4. The smallest absolute Gasteiger partial charge is 0.242 e. The Balaban J connectivity index is 2.13. The van der Waals surface area contributed by atoms with E-state index in [4.69, 9.17) is 17.3 Å². The second kappa shape index (κ2) is 6.52. The van der Waals surface area contributed by atoms with Gasteiger partial charge in [-0.05, 0) is 43.4 Å². The summed E-state index contributed by atoms with van der Waals surface area (Å²) in [6.45, 7) is 1.98. The first-order chi connectivity index (χ1) is 9.81. The Morgan fingerprint density at radius 3 is 2.71 bits per heavy atom. The SMILES string of the molecule is Cc1cc(Cl)c(S(=O)(=O)NCC2CCCCC2O)cc1N. The average molecular weight is 333 g/mol.